The summed E-state index contributed by atoms with van der Waals surface area (Å²) in [7, 11) is 0. The Bertz CT molecular complexity index is 1190. The molecule has 3 N–H and O–H groups in total. The quantitative estimate of drug-likeness (QED) is 0.0321. The lowest BCUT2D eigenvalue weighted by Crippen LogP contribution is -2.45. The highest BCUT2D eigenvalue weighted by atomic mass is 16.5. The van der Waals surface area contributed by atoms with Crippen LogP contribution >= 0.6 is 0 Å². The van der Waals surface area contributed by atoms with Crippen molar-refractivity contribution in [1.82, 2.24) is 5.32 Å². The van der Waals surface area contributed by atoms with Crippen molar-refractivity contribution in [1.29, 1.82) is 0 Å². The van der Waals surface area contributed by atoms with Crippen molar-refractivity contribution in [2.75, 3.05) is 13.2 Å². The lowest BCUT2D eigenvalue weighted by atomic mass is 10.0. The van der Waals surface area contributed by atoms with Crippen LogP contribution in [0.5, 0.6) is 0 Å². The molecule has 6 heteroatoms. The van der Waals surface area contributed by atoms with Gasteiger partial charge in [-0.05, 0) is 83.5 Å². The van der Waals surface area contributed by atoms with E-state index in [4.69, 9.17) is 4.74 Å². The molecule has 0 bridgehead atoms. The number of rotatable bonds is 58. The highest BCUT2D eigenvalue weighted by Crippen LogP contribution is 2.17. The zero-order valence-electron chi connectivity index (χ0n) is 47.5. The third-order valence-electron chi connectivity index (χ3n) is 14.3. The van der Waals surface area contributed by atoms with E-state index in [-0.39, 0.29) is 18.5 Å². The van der Waals surface area contributed by atoms with Crippen LogP contribution in [0.1, 0.15) is 328 Å². The third-order valence-corrected chi connectivity index (χ3v) is 14.3. The first-order chi connectivity index (χ1) is 35.0. The molecular weight excluding hydrogens is 875 g/mol. The summed E-state index contributed by atoms with van der Waals surface area (Å²) in [6.07, 6.45) is 77.5. The second-order valence-electron chi connectivity index (χ2n) is 21.4. The second kappa shape index (κ2) is 60.4. The van der Waals surface area contributed by atoms with Crippen molar-refractivity contribution >= 4 is 11.9 Å². The zero-order valence-corrected chi connectivity index (χ0v) is 47.5. The number of aliphatic hydroxyl groups is 2. The van der Waals surface area contributed by atoms with E-state index in [1.807, 2.05) is 6.08 Å². The van der Waals surface area contributed by atoms with Gasteiger partial charge in [0.2, 0.25) is 5.91 Å². The Morgan fingerprint density at radius 1 is 0.394 bits per heavy atom. The molecule has 6 nitrogen and oxygen atoms in total. The van der Waals surface area contributed by atoms with Crippen LogP contribution in [0.15, 0.2) is 48.6 Å². The minimum Gasteiger partial charge on any atom is -0.466 e. The Kier molecular flexibility index (Phi) is 58.5. The molecule has 1 amide bonds. The average molecular weight is 997 g/mol. The summed E-state index contributed by atoms with van der Waals surface area (Å²) in [5.41, 5.74) is 0. The maximum atomic E-state index is 12.4. The van der Waals surface area contributed by atoms with Crippen molar-refractivity contribution in [2.45, 2.75) is 341 Å². The molecule has 0 aromatic carbocycles. The van der Waals surface area contributed by atoms with Crippen LogP contribution in [0.4, 0.5) is 0 Å². The van der Waals surface area contributed by atoms with Crippen LogP contribution in [-0.2, 0) is 14.3 Å². The predicted octanol–water partition coefficient (Wildman–Crippen LogP) is 19.7. The largest absolute Gasteiger partial charge is 0.466 e. The third kappa shape index (κ3) is 57.0. The van der Waals surface area contributed by atoms with Crippen LogP contribution in [-0.4, -0.2) is 47.4 Å². The van der Waals surface area contributed by atoms with Gasteiger partial charge < -0.3 is 20.3 Å². The molecule has 0 fully saturated rings. The first kappa shape index (κ1) is 68.8. The number of carbonyl (C=O) groups excluding carboxylic acids is 2. The maximum absolute atomic E-state index is 12.4. The molecule has 416 valence electrons. The van der Waals surface area contributed by atoms with Gasteiger partial charge in [-0.3, -0.25) is 9.59 Å². The minimum absolute atomic E-state index is 0.00203. The van der Waals surface area contributed by atoms with Crippen molar-refractivity contribution in [3.05, 3.63) is 48.6 Å². The number of amides is 1. The van der Waals surface area contributed by atoms with Crippen molar-refractivity contribution < 1.29 is 24.5 Å². The van der Waals surface area contributed by atoms with Crippen LogP contribution in [0, 0.1) is 0 Å². The molecule has 0 heterocycles. The lowest BCUT2D eigenvalue weighted by Gasteiger charge is -2.20. The Morgan fingerprint density at radius 3 is 1.14 bits per heavy atom. The van der Waals surface area contributed by atoms with Crippen molar-refractivity contribution in [2.24, 2.45) is 0 Å². The van der Waals surface area contributed by atoms with Crippen molar-refractivity contribution in [3.8, 4) is 0 Å². The van der Waals surface area contributed by atoms with E-state index >= 15 is 0 Å². The van der Waals surface area contributed by atoms with Gasteiger partial charge in [-0.25, -0.2) is 0 Å². The number of hydrogen-bond acceptors (Lipinski definition) is 5. The summed E-state index contributed by atoms with van der Waals surface area (Å²) in [5.74, 6) is -0.0658. The minimum atomic E-state index is -0.840. The molecule has 0 aliphatic carbocycles. The molecule has 0 spiro atoms. The van der Waals surface area contributed by atoms with E-state index in [1.165, 1.54) is 250 Å². The average Bonchev–Trinajstić information content (AvgIpc) is 3.37. The van der Waals surface area contributed by atoms with Gasteiger partial charge in [0.1, 0.15) is 0 Å². The second-order valence-corrected chi connectivity index (χ2v) is 21.4. The number of esters is 1. The molecule has 2 atom stereocenters. The van der Waals surface area contributed by atoms with Gasteiger partial charge in [0.25, 0.3) is 0 Å². The number of carbonyl (C=O) groups is 2. The summed E-state index contributed by atoms with van der Waals surface area (Å²) >= 11 is 0. The van der Waals surface area contributed by atoms with Crippen LogP contribution < -0.4 is 5.32 Å². The fourth-order valence-electron chi connectivity index (χ4n) is 9.49. The molecule has 0 aromatic rings. The fraction of sp³-hybridized carbons (Fsp3) is 0.846. The summed E-state index contributed by atoms with van der Waals surface area (Å²) in [6.45, 7) is 4.81. The number of ether oxygens (including phenoxy) is 1. The predicted molar refractivity (Wildman–Crippen MR) is 310 cm³/mol. The van der Waals surface area contributed by atoms with E-state index in [0.717, 1.165) is 51.4 Å². The summed E-state index contributed by atoms with van der Waals surface area (Å²) in [4.78, 5) is 24.4. The highest BCUT2D eigenvalue weighted by molar-refractivity contribution is 5.76. The van der Waals surface area contributed by atoms with Gasteiger partial charge in [0.05, 0.1) is 25.4 Å². The van der Waals surface area contributed by atoms with Gasteiger partial charge in [-0.1, -0.05) is 281 Å². The standard InChI is InChI=1S/C65H121NO5/c1-3-5-7-9-11-13-14-35-39-43-47-51-55-59-65(70)71-60-56-52-48-44-40-37-34-32-30-28-26-24-22-20-18-16-15-17-19-21-23-25-27-29-31-33-36-38-42-46-50-54-58-64(69)66-62(61-67)63(68)57-53-49-45-41-12-10-8-6-4-2/h7,9,13-14,18,20,53,57,62-63,67-68H,3-6,8,10-12,15-17,19,21-52,54-56,58-61H2,1-2H3,(H,66,69)/b9-7-,14-13-,20-18-,57-53+. The lowest BCUT2D eigenvalue weighted by molar-refractivity contribution is -0.143. The van der Waals surface area contributed by atoms with E-state index in [2.05, 4.69) is 55.6 Å². The van der Waals surface area contributed by atoms with E-state index in [1.54, 1.807) is 6.08 Å². The Hall–Kier alpha value is -2.18. The SMILES string of the molecule is CCC/C=C\C/C=C\CCCCCCCC(=O)OCCCCCCCCCCCCCC/C=C\CCCCCCCCCCCCCCCCCCC(=O)NC(CO)C(O)/C=C/CCCCCCCCC. The first-order valence-electron chi connectivity index (χ1n) is 31.4. The van der Waals surface area contributed by atoms with Gasteiger partial charge in [0, 0.05) is 12.8 Å². The Balaban J connectivity index is 3.34. The molecule has 0 rings (SSSR count). The summed E-state index contributed by atoms with van der Waals surface area (Å²) < 4.78 is 5.47. The summed E-state index contributed by atoms with van der Waals surface area (Å²) in [5, 5.41) is 23.0. The number of aliphatic hydroxyl groups excluding tert-OH is 2. The number of unbranched alkanes of at least 4 members (excludes halogenated alkanes) is 41. The molecule has 0 aliphatic heterocycles. The number of nitrogens with one attached hydrogen (secondary N) is 1. The zero-order chi connectivity index (χ0) is 51.4. The molecular formula is C65H121NO5. The normalized spacial score (nSPS) is 12.9. The molecule has 0 aromatic heterocycles. The van der Waals surface area contributed by atoms with Crippen molar-refractivity contribution in [3.63, 3.8) is 0 Å². The van der Waals surface area contributed by atoms with E-state index in [0.29, 0.717) is 19.4 Å². The van der Waals surface area contributed by atoms with Gasteiger partial charge >= 0.3 is 5.97 Å². The Morgan fingerprint density at radius 2 is 0.732 bits per heavy atom. The molecule has 0 saturated heterocycles. The molecule has 2 unspecified atom stereocenters. The number of allylic oxidation sites excluding steroid dienone is 7. The highest BCUT2D eigenvalue weighted by Gasteiger charge is 2.18. The van der Waals surface area contributed by atoms with E-state index in [9.17, 15) is 19.8 Å². The van der Waals surface area contributed by atoms with Gasteiger partial charge in [-0.2, -0.15) is 0 Å². The molecule has 0 saturated carbocycles. The van der Waals surface area contributed by atoms with Crippen LogP contribution in [0.25, 0.3) is 0 Å². The Labute approximate surface area is 442 Å². The topological polar surface area (TPSA) is 95.9 Å². The molecule has 0 radical (unpaired) electrons. The summed E-state index contributed by atoms with van der Waals surface area (Å²) in [6, 6.07) is -0.624. The van der Waals surface area contributed by atoms with E-state index < -0.39 is 12.1 Å². The first-order valence-corrected chi connectivity index (χ1v) is 31.4. The number of hydrogen-bond donors (Lipinski definition) is 3. The molecule has 0 aliphatic rings. The maximum Gasteiger partial charge on any atom is 0.305 e. The van der Waals surface area contributed by atoms with Gasteiger partial charge in [0.15, 0.2) is 0 Å². The smallest absolute Gasteiger partial charge is 0.305 e. The van der Waals surface area contributed by atoms with Crippen LogP contribution in [0.2, 0.25) is 0 Å². The monoisotopic (exact) mass is 996 g/mol. The molecule has 71 heavy (non-hydrogen) atoms. The van der Waals surface area contributed by atoms with Gasteiger partial charge in [-0.15, -0.1) is 0 Å². The fourth-order valence-corrected chi connectivity index (χ4v) is 9.49. The van der Waals surface area contributed by atoms with Crippen LogP contribution in [0.3, 0.4) is 0 Å².